The molecule has 1 fully saturated rings. The number of carboxylic acid groups (broad SMARTS) is 1. The van der Waals surface area contributed by atoms with Crippen LogP contribution in [0.3, 0.4) is 0 Å². The molecule has 0 aromatic carbocycles. The highest BCUT2D eigenvalue weighted by Gasteiger charge is 2.36. The van der Waals surface area contributed by atoms with Crippen molar-refractivity contribution in [2.24, 2.45) is 0 Å². The summed E-state index contributed by atoms with van der Waals surface area (Å²) in [6, 6.07) is -0.271. The molecule has 1 N–H and O–H groups in total. The standard InChI is InChI=1S/C12H19NO4.C3H8/c1-4-5-8(2)12-9(3)17-7-10(14)13(12)6-11(15)16;1-3-2/h5,9,12H,4,6-7H2,1-3H3,(H,15,16);3H2,1-2H3/b8-5+;. The first kappa shape index (κ1) is 18.6. The van der Waals surface area contributed by atoms with Crippen molar-refractivity contribution in [1.82, 2.24) is 4.90 Å². The van der Waals surface area contributed by atoms with Crippen molar-refractivity contribution in [3.05, 3.63) is 11.6 Å². The van der Waals surface area contributed by atoms with Crippen LogP contribution >= 0.6 is 0 Å². The number of hydrogen-bond acceptors (Lipinski definition) is 3. The Balaban J connectivity index is 0.00000110. The highest BCUT2D eigenvalue weighted by molar-refractivity contribution is 5.83. The van der Waals surface area contributed by atoms with Gasteiger partial charge < -0.3 is 14.7 Å². The topological polar surface area (TPSA) is 66.8 Å². The van der Waals surface area contributed by atoms with Crippen LogP contribution < -0.4 is 0 Å². The second-order valence-electron chi connectivity index (χ2n) is 4.94. The molecule has 1 rings (SSSR count). The summed E-state index contributed by atoms with van der Waals surface area (Å²) in [6.45, 7) is 9.71. The third kappa shape index (κ3) is 5.74. The monoisotopic (exact) mass is 285 g/mol. The van der Waals surface area contributed by atoms with E-state index >= 15 is 0 Å². The number of nitrogens with zero attached hydrogens (tertiary/aromatic N) is 1. The molecule has 1 aliphatic rings. The molecule has 5 heteroatoms. The molecule has 1 amide bonds. The molecule has 0 radical (unpaired) electrons. The number of allylic oxidation sites excluding steroid dienone is 1. The average molecular weight is 285 g/mol. The minimum Gasteiger partial charge on any atom is -0.480 e. The van der Waals surface area contributed by atoms with Crippen molar-refractivity contribution in [3.8, 4) is 0 Å². The SMILES string of the molecule is CC/C=C(\C)C1C(C)OCC(=O)N1CC(=O)O.CCC. The van der Waals surface area contributed by atoms with Crippen molar-refractivity contribution in [2.75, 3.05) is 13.2 Å². The number of amides is 1. The van der Waals surface area contributed by atoms with Crippen molar-refractivity contribution in [2.45, 2.75) is 59.6 Å². The Labute approximate surface area is 121 Å². The minimum absolute atomic E-state index is 0.0373. The van der Waals surface area contributed by atoms with Crippen molar-refractivity contribution >= 4 is 11.9 Å². The Kier molecular flexibility index (Phi) is 8.88. The maximum absolute atomic E-state index is 11.7. The van der Waals surface area contributed by atoms with Gasteiger partial charge in [0.1, 0.15) is 13.2 Å². The smallest absolute Gasteiger partial charge is 0.323 e. The maximum atomic E-state index is 11.7. The van der Waals surface area contributed by atoms with Gasteiger partial charge in [0.25, 0.3) is 0 Å². The van der Waals surface area contributed by atoms with Crippen molar-refractivity contribution in [3.63, 3.8) is 0 Å². The van der Waals surface area contributed by atoms with Gasteiger partial charge in [-0.2, -0.15) is 0 Å². The number of hydrogen-bond donors (Lipinski definition) is 1. The first-order chi connectivity index (χ1) is 9.38. The number of carboxylic acids is 1. The zero-order chi connectivity index (χ0) is 15.7. The summed E-state index contributed by atoms with van der Waals surface area (Å²) >= 11 is 0. The fourth-order valence-electron chi connectivity index (χ4n) is 2.18. The fourth-order valence-corrected chi connectivity index (χ4v) is 2.18. The van der Waals surface area contributed by atoms with Crippen LogP contribution in [0.5, 0.6) is 0 Å². The zero-order valence-corrected chi connectivity index (χ0v) is 13.2. The summed E-state index contributed by atoms with van der Waals surface area (Å²) in [5.74, 6) is -1.26. The molecule has 0 aromatic rings. The van der Waals surface area contributed by atoms with E-state index in [1.54, 1.807) is 0 Å². The summed E-state index contributed by atoms with van der Waals surface area (Å²) in [5, 5.41) is 8.85. The van der Waals surface area contributed by atoms with Gasteiger partial charge >= 0.3 is 5.97 Å². The fraction of sp³-hybridized carbons (Fsp3) is 0.733. The molecule has 0 bridgehead atoms. The number of aliphatic carboxylic acids is 1. The van der Waals surface area contributed by atoms with Crippen molar-refractivity contribution in [1.29, 1.82) is 0 Å². The van der Waals surface area contributed by atoms with E-state index in [-0.39, 0.29) is 31.2 Å². The molecule has 1 heterocycles. The zero-order valence-electron chi connectivity index (χ0n) is 13.2. The molecule has 2 atom stereocenters. The predicted molar refractivity (Wildman–Crippen MR) is 78.6 cm³/mol. The molecular weight excluding hydrogens is 258 g/mol. The van der Waals surface area contributed by atoms with Crippen LogP contribution in [-0.4, -0.2) is 47.2 Å². The van der Waals surface area contributed by atoms with E-state index in [0.29, 0.717) is 0 Å². The summed E-state index contributed by atoms with van der Waals surface area (Å²) in [7, 11) is 0. The number of morpholine rings is 1. The molecule has 5 nitrogen and oxygen atoms in total. The van der Waals surface area contributed by atoms with Gasteiger partial charge in [0.05, 0.1) is 12.1 Å². The normalized spacial score (nSPS) is 23.1. The summed E-state index contributed by atoms with van der Waals surface area (Å²) in [5.41, 5.74) is 0.981. The molecular formula is C15H27NO4. The Morgan fingerprint density at radius 3 is 2.45 bits per heavy atom. The first-order valence-electron chi connectivity index (χ1n) is 7.18. The predicted octanol–water partition coefficient (Wildman–Crippen LogP) is 2.46. The number of carbonyl (C=O) groups excluding carboxylic acids is 1. The van der Waals surface area contributed by atoms with E-state index in [2.05, 4.69) is 13.8 Å². The lowest BCUT2D eigenvalue weighted by Gasteiger charge is -2.39. The van der Waals surface area contributed by atoms with Gasteiger partial charge in [-0.05, 0) is 20.3 Å². The molecule has 0 saturated carbocycles. The molecule has 1 saturated heterocycles. The lowest BCUT2D eigenvalue weighted by molar-refractivity contribution is -0.159. The Bertz CT molecular complexity index is 352. The molecule has 20 heavy (non-hydrogen) atoms. The van der Waals surface area contributed by atoms with Crippen LogP contribution in [0.2, 0.25) is 0 Å². The van der Waals surface area contributed by atoms with Gasteiger partial charge in [0.15, 0.2) is 0 Å². The lowest BCUT2D eigenvalue weighted by Crippen LogP contribution is -2.55. The molecule has 116 valence electrons. The van der Waals surface area contributed by atoms with E-state index in [1.807, 2.05) is 26.8 Å². The second kappa shape index (κ2) is 9.53. The first-order valence-corrected chi connectivity index (χ1v) is 7.18. The van der Waals surface area contributed by atoms with Crippen LogP contribution in [-0.2, 0) is 14.3 Å². The maximum Gasteiger partial charge on any atom is 0.323 e. The summed E-state index contributed by atoms with van der Waals surface area (Å²) < 4.78 is 5.36. The van der Waals surface area contributed by atoms with Crippen LogP contribution in [0, 0.1) is 0 Å². The highest BCUT2D eigenvalue weighted by Crippen LogP contribution is 2.21. The number of carbonyl (C=O) groups is 2. The number of rotatable bonds is 4. The molecule has 1 aliphatic heterocycles. The Morgan fingerprint density at radius 2 is 2.00 bits per heavy atom. The van der Waals surface area contributed by atoms with E-state index < -0.39 is 5.97 Å². The quantitative estimate of drug-likeness (QED) is 0.806. The van der Waals surface area contributed by atoms with Crippen LogP contribution in [0.25, 0.3) is 0 Å². The van der Waals surface area contributed by atoms with Crippen LogP contribution in [0.15, 0.2) is 11.6 Å². The number of ether oxygens (including phenoxy) is 1. The van der Waals surface area contributed by atoms with Crippen LogP contribution in [0.1, 0.15) is 47.5 Å². The van der Waals surface area contributed by atoms with Gasteiger partial charge in [-0.25, -0.2) is 0 Å². The molecule has 2 unspecified atom stereocenters. The largest absolute Gasteiger partial charge is 0.480 e. The molecule has 0 aromatic heterocycles. The van der Waals surface area contributed by atoms with Gasteiger partial charge in [0.2, 0.25) is 5.91 Å². The van der Waals surface area contributed by atoms with Gasteiger partial charge in [-0.15, -0.1) is 0 Å². The van der Waals surface area contributed by atoms with E-state index in [4.69, 9.17) is 9.84 Å². The van der Waals surface area contributed by atoms with Gasteiger partial charge in [0, 0.05) is 0 Å². The summed E-state index contributed by atoms with van der Waals surface area (Å²) in [4.78, 5) is 23.9. The second-order valence-corrected chi connectivity index (χ2v) is 4.94. The third-order valence-corrected chi connectivity index (χ3v) is 2.87. The lowest BCUT2D eigenvalue weighted by atomic mass is 9.99. The molecule has 0 aliphatic carbocycles. The third-order valence-electron chi connectivity index (χ3n) is 2.87. The van der Waals surface area contributed by atoms with Crippen molar-refractivity contribution < 1.29 is 19.4 Å². The average Bonchev–Trinajstić information content (AvgIpc) is 2.34. The van der Waals surface area contributed by atoms with Gasteiger partial charge in [-0.1, -0.05) is 38.8 Å². The highest BCUT2D eigenvalue weighted by atomic mass is 16.5. The van der Waals surface area contributed by atoms with E-state index in [1.165, 1.54) is 11.3 Å². The molecule has 0 spiro atoms. The van der Waals surface area contributed by atoms with Crippen LogP contribution in [0.4, 0.5) is 0 Å². The Hall–Kier alpha value is -1.36. The Morgan fingerprint density at radius 1 is 1.45 bits per heavy atom. The van der Waals surface area contributed by atoms with E-state index in [0.717, 1.165) is 12.0 Å². The summed E-state index contributed by atoms with van der Waals surface area (Å²) in [6.07, 6.45) is 3.93. The van der Waals surface area contributed by atoms with Gasteiger partial charge in [-0.3, -0.25) is 9.59 Å². The van der Waals surface area contributed by atoms with E-state index in [9.17, 15) is 9.59 Å². The minimum atomic E-state index is -0.998.